The van der Waals surface area contributed by atoms with Gasteiger partial charge in [0.05, 0.1) is 18.6 Å². The molecule has 10 heteroatoms. The number of piperazine rings is 1. The van der Waals surface area contributed by atoms with Crippen LogP contribution in [0.4, 0.5) is 5.69 Å². The SMILES string of the molecule is COc1ccc(N2CCCCS2(=O)=O)cc1S(=O)(=O)N1CCN(Cc2ccccc2)CC1. The minimum atomic E-state index is -3.84. The molecule has 0 bridgehead atoms. The molecule has 32 heavy (non-hydrogen) atoms. The van der Waals surface area contributed by atoms with Gasteiger partial charge in [-0.2, -0.15) is 4.31 Å². The van der Waals surface area contributed by atoms with Crippen molar-refractivity contribution in [2.45, 2.75) is 24.3 Å². The van der Waals surface area contributed by atoms with Gasteiger partial charge in [0.15, 0.2) is 0 Å². The highest BCUT2D eigenvalue weighted by molar-refractivity contribution is 7.92. The Balaban J connectivity index is 1.54. The van der Waals surface area contributed by atoms with E-state index >= 15 is 0 Å². The van der Waals surface area contributed by atoms with Crippen LogP contribution < -0.4 is 9.04 Å². The molecule has 4 rings (SSSR count). The maximum atomic E-state index is 13.5. The van der Waals surface area contributed by atoms with Crippen LogP contribution in [0.5, 0.6) is 5.75 Å². The number of rotatable bonds is 6. The van der Waals surface area contributed by atoms with Crippen molar-refractivity contribution < 1.29 is 21.6 Å². The lowest BCUT2D eigenvalue weighted by Gasteiger charge is -2.34. The molecule has 0 spiro atoms. The molecule has 8 nitrogen and oxygen atoms in total. The Morgan fingerprint density at radius 2 is 1.66 bits per heavy atom. The number of anilines is 1. The number of ether oxygens (including phenoxy) is 1. The number of methoxy groups -OCH3 is 1. The van der Waals surface area contributed by atoms with Crippen molar-refractivity contribution in [3.63, 3.8) is 0 Å². The van der Waals surface area contributed by atoms with E-state index in [1.165, 1.54) is 33.4 Å². The van der Waals surface area contributed by atoms with Crippen LogP contribution in [0.15, 0.2) is 53.4 Å². The molecule has 2 aromatic rings. The molecule has 2 fully saturated rings. The van der Waals surface area contributed by atoms with Crippen molar-refractivity contribution in [2.24, 2.45) is 0 Å². The highest BCUT2D eigenvalue weighted by atomic mass is 32.2. The molecule has 0 radical (unpaired) electrons. The molecule has 0 N–H and O–H groups in total. The van der Waals surface area contributed by atoms with E-state index in [9.17, 15) is 16.8 Å². The summed E-state index contributed by atoms with van der Waals surface area (Å²) in [6, 6.07) is 14.7. The first-order valence-corrected chi connectivity index (χ1v) is 13.8. The van der Waals surface area contributed by atoms with Crippen LogP contribution in [-0.4, -0.2) is 71.6 Å². The molecule has 2 aliphatic rings. The van der Waals surface area contributed by atoms with Gasteiger partial charge in [-0.05, 0) is 36.6 Å². The zero-order chi connectivity index (χ0) is 22.8. The van der Waals surface area contributed by atoms with Crippen molar-refractivity contribution in [3.8, 4) is 5.75 Å². The lowest BCUT2D eigenvalue weighted by atomic mass is 10.2. The van der Waals surface area contributed by atoms with Gasteiger partial charge in [-0.25, -0.2) is 16.8 Å². The predicted octanol–water partition coefficient (Wildman–Crippen LogP) is 2.13. The summed E-state index contributed by atoms with van der Waals surface area (Å²) in [5.41, 5.74) is 1.56. The Bertz CT molecular complexity index is 1150. The third-order valence-corrected chi connectivity index (χ3v) is 9.77. The molecule has 0 aliphatic carbocycles. The summed E-state index contributed by atoms with van der Waals surface area (Å²) < 4.78 is 60.1. The van der Waals surface area contributed by atoms with Crippen LogP contribution in [0.25, 0.3) is 0 Å². The number of hydrogen-bond acceptors (Lipinski definition) is 6. The highest BCUT2D eigenvalue weighted by Gasteiger charge is 2.33. The number of nitrogens with zero attached hydrogens (tertiary/aromatic N) is 3. The van der Waals surface area contributed by atoms with Gasteiger partial charge in [0.2, 0.25) is 20.0 Å². The monoisotopic (exact) mass is 479 g/mol. The Hall–Kier alpha value is -2.14. The second kappa shape index (κ2) is 9.38. The fourth-order valence-electron chi connectivity index (χ4n) is 4.21. The van der Waals surface area contributed by atoms with E-state index in [0.717, 1.165) is 13.0 Å². The van der Waals surface area contributed by atoms with Crippen molar-refractivity contribution in [1.29, 1.82) is 0 Å². The van der Waals surface area contributed by atoms with Crippen LogP contribution >= 0.6 is 0 Å². The third-order valence-electron chi connectivity index (χ3n) is 5.98. The van der Waals surface area contributed by atoms with E-state index < -0.39 is 20.0 Å². The zero-order valence-corrected chi connectivity index (χ0v) is 19.8. The number of sulfonamides is 2. The van der Waals surface area contributed by atoms with E-state index in [-0.39, 0.29) is 16.4 Å². The van der Waals surface area contributed by atoms with Crippen LogP contribution in [-0.2, 0) is 26.6 Å². The summed E-state index contributed by atoms with van der Waals surface area (Å²) in [6.45, 7) is 3.11. The highest BCUT2D eigenvalue weighted by Crippen LogP contribution is 2.33. The molecule has 2 aromatic carbocycles. The standard InChI is InChI=1S/C22H29N3O5S2/c1-30-21-10-9-20(25-11-5-6-16-31(25,26)27)17-22(21)32(28,29)24-14-12-23(13-15-24)18-19-7-3-2-4-8-19/h2-4,7-10,17H,5-6,11-16,18H2,1H3. The molecule has 0 amide bonds. The zero-order valence-electron chi connectivity index (χ0n) is 18.2. The van der Waals surface area contributed by atoms with Gasteiger partial charge >= 0.3 is 0 Å². The lowest BCUT2D eigenvalue weighted by molar-refractivity contribution is 0.181. The number of hydrogen-bond donors (Lipinski definition) is 0. The second-order valence-electron chi connectivity index (χ2n) is 8.10. The van der Waals surface area contributed by atoms with E-state index in [1.54, 1.807) is 6.07 Å². The minimum absolute atomic E-state index is 0.00906. The van der Waals surface area contributed by atoms with E-state index in [4.69, 9.17) is 4.74 Å². The van der Waals surface area contributed by atoms with Crippen LogP contribution in [0.1, 0.15) is 18.4 Å². The molecule has 2 aliphatic heterocycles. The molecule has 174 valence electrons. The summed E-state index contributed by atoms with van der Waals surface area (Å²) in [5.74, 6) is 0.291. The van der Waals surface area contributed by atoms with E-state index in [0.29, 0.717) is 44.8 Å². The Morgan fingerprint density at radius 1 is 0.938 bits per heavy atom. The van der Waals surface area contributed by atoms with Crippen LogP contribution in [0, 0.1) is 0 Å². The quantitative estimate of drug-likeness (QED) is 0.631. The van der Waals surface area contributed by atoms with Gasteiger partial charge in [0.1, 0.15) is 10.6 Å². The van der Waals surface area contributed by atoms with Gasteiger partial charge in [0, 0.05) is 39.3 Å². The van der Waals surface area contributed by atoms with Crippen LogP contribution in [0.2, 0.25) is 0 Å². The summed E-state index contributed by atoms with van der Waals surface area (Å²) in [5, 5.41) is 0. The molecule has 0 atom stereocenters. The van der Waals surface area contributed by atoms with Gasteiger partial charge in [-0.3, -0.25) is 9.21 Å². The fraction of sp³-hybridized carbons (Fsp3) is 0.455. The molecular weight excluding hydrogens is 450 g/mol. The third kappa shape index (κ3) is 4.78. The van der Waals surface area contributed by atoms with Crippen molar-refractivity contribution in [3.05, 3.63) is 54.1 Å². The molecule has 0 unspecified atom stereocenters. The second-order valence-corrected chi connectivity index (χ2v) is 12.0. The first-order chi connectivity index (χ1) is 15.3. The van der Waals surface area contributed by atoms with E-state index in [2.05, 4.69) is 17.0 Å². The normalized spacial score (nSPS) is 20.2. The van der Waals surface area contributed by atoms with E-state index in [1.807, 2.05) is 18.2 Å². The fourth-order valence-corrected chi connectivity index (χ4v) is 7.44. The van der Waals surface area contributed by atoms with Gasteiger partial charge in [0.25, 0.3) is 0 Å². The van der Waals surface area contributed by atoms with Crippen molar-refractivity contribution in [2.75, 3.05) is 49.9 Å². The maximum Gasteiger partial charge on any atom is 0.246 e. The Morgan fingerprint density at radius 3 is 2.31 bits per heavy atom. The predicted molar refractivity (Wildman–Crippen MR) is 124 cm³/mol. The molecular formula is C22H29N3O5S2. The lowest BCUT2D eigenvalue weighted by Crippen LogP contribution is -2.48. The maximum absolute atomic E-state index is 13.5. The average molecular weight is 480 g/mol. The Labute approximate surface area is 190 Å². The van der Waals surface area contributed by atoms with Crippen LogP contribution in [0.3, 0.4) is 0 Å². The number of benzene rings is 2. The minimum Gasteiger partial charge on any atom is -0.495 e. The van der Waals surface area contributed by atoms with Crippen molar-refractivity contribution >= 4 is 25.7 Å². The van der Waals surface area contributed by atoms with Gasteiger partial charge in [-0.15, -0.1) is 0 Å². The summed E-state index contributed by atoms with van der Waals surface area (Å²) in [6.07, 6.45) is 1.37. The molecule has 2 saturated heterocycles. The summed E-state index contributed by atoms with van der Waals surface area (Å²) >= 11 is 0. The topological polar surface area (TPSA) is 87.2 Å². The summed E-state index contributed by atoms with van der Waals surface area (Å²) in [7, 11) is -5.86. The molecule has 0 saturated carbocycles. The van der Waals surface area contributed by atoms with Gasteiger partial charge < -0.3 is 4.74 Å². The average Bonchev–Trinajstić information content (AvgIpc) is 2.79. The summed E-state index contributed by atoms with van der Waals surface area (Å²) in [4.78, 5) is 2.24. The molecule has 2 heterocycles. The Kier molecular flexibility index (Phi) is 6.75. The van der Waals surface area contributed by atoms with Gasteiger partial charge in [-0.1, -0.05) is 30.3 Å². The first-order valence-electron chi connectivity index (χ1n) is 10.8. The first kappa shape index (κ1) is 23.0. The smallest absolute Gasteiger partial charge is 0.246 e. The molecule has 0 aromatic heterocycles. The van der Waals surface area contributed by atoms with Crippen molar-refractivity contribution in [1.82, 2.24) is 9.21 Å². The largest absolute Gasteiger partial charge is 0.495 e.